The predicted octanol–water partition coefficient (Wildman–Crippen LogP) is 3.24. The van der Waals surface area contributed by atoms with Gasteiger partial charge in [-0.05, 0) is 57.6 Å². The molecular weight excluding hydrogens is 216 g/mol. The molecule has 0 aromatic carbocycles. The molecule has 0 radical (unpaired) electrons. The smallest absolute Gasteiger partial charge is 0.0887 e. The van der Waals surface area contributed by atoms with Crippen LogP contribution >= 0.6 is 0 Å². The highest BCUT2D eigenvalue weighted by Gasteiger charge is 1.97. The van der Waals surface area contributed by atoms with Crippen LogP contribution in [-0.4, -0.2) is 23.4 Å². The van der Waals surface area contributed by atoms with Crippen LogP contribution in [0.3, 0.4) is 0 Å². The average Bonchev–Trinajstić information content (AvgIpc) is 2.18. The number of rotatable bonds is 6. The first-order valence-electron chi connectivity index (χ1n) is 6.08. The van der Waals surface area contributed by atoms with E-state index in [4.69, 9.17) is 14.9 Å². The first kappa shape index (κ1) is 18.6. The summed E-state index contributed by atoms with van der Waals surface area (Å²) in [6.07, 6.45) is 5.07. The molecule has 0 aromatic rings. The van der Waals surface area contributed by atoms with E-state index in [0.29, 0.717) is 5.92 Å². The van der Waals surface area contributed by atoms with Crippen molar-refractivity contribution in [2.45, 2.75) is 47.5 Å². The summed E-state index contributed by atoms with van der Waals surface area (Å²) < 4.78 is 5.03. The monoisotopic (exact) mass is 244 g/mol. The van der Waals surface area contributed by atoms with E-state index in [1.807, 2.05) is 34.6 Å². The van der Waals surface area contributed by atoms with E-state index >= 15 is 0 Å². The summed E-state index contributed by atoms with van der Waals surface area (Å²) >= 11 is 0. The average molecular weight is 244 g/mol. The molecule has 0 rings (SSSR count). The summed E-state index contributed by atoms with van der Waals surface area (Å²) in [6.45, 7) is 10.5. The lowest BCUT2D eigenvalue weighted by molar-refractivity contribution is 0.223. The van der Waals surface area contributed by atoms with Gasteiger partial charge < -0.3 is 14.9 Å². The number of hydrogen-bond acceptors (Lipinski definition) is 3. The van der Waals surface area contributed by atoms with Crippen molar-refractivity contribution >= 4 is 0 Å². The molecule has 3 nitrogen and oxygen atoms in total. The van der Waals surface area contributed by atoms with Gasteiger partial charge in [-0.15, -0.1) is 0 Å². The Morgan fingerprint density at radius 1 is 0.941 bits per heavy atom. The summed E-state index contributed by atoms with van der Waals surface area (Å²) in [5.74, 6) is 0.463. The van der Waals surface area contributed by atoms with Crippen molar-refractivity contribution in [2.24, 2.45) is 5.92 Å². The Balaban J connectivity index is 0. The summed E-state index contributed by atoms with van der Waals surface area (Å²) in [5, 5.41) is 16.8. The summed E-state index contributed by atoms with van der Waals surface area (Å²) in [4.78, 5) is 0. The Hall–Kier alpha value is -0.800. The molecule has 0 bridgehead atoms. The third kappa shape index (κ3) is 21.1. The van der Waals surface area contributed by atoms with Crippen LogP contribution in [0.5, 0.6) is 0 Å². The van der Waals surface area contributed by atoms with Crippen LogP contribution < -0.4 is 0 Å². The van der Waals surface area contributed by atoms with Gasteiger partial charge in [-0.25, -0.2) is 0 Å². The minimum Gasteiger partial charge on any atom is -0.473 e. The second-order valence-corrected chi connectivity index (χ2v) is 4.66. The van der Waals surface area contributed by atoms with Gasteiger partial charge in [0.15, 0.2) is 0 Å². The molecule has 0 aromatic heterocycles. The highest BCUT2D eigenvalue weighted by molar-refractivity contribution is 4.92. The van der Waals surface area contributed by atoms with Gasteiger partial charge in [0.25, 0.3) is 0 Å². The largest absolute Gasteiger partial charge is 0.473 e. The summed E-state index contributed by atoms with van der Waals surface area (Å²) in [6, 6.07) is 0. The Morgan fingerprint density at radius 3 is 1.53 bits per heavy atom. The highest BCUT2D eigenvalue weighted by Crippen LogP contribution is 2.03. The van der Waals surface area contributed by atoms with Gasteiger partial charge >= 0.3 is 0 Å². The molecule has 17 heavy (non-hydrogen) atoms. The van der Waals surface area contributed by atoms with Crippen molar-refractivity contribution in [2.75, 3.05) is 13.2 Å². The second kappa shape index (κ2) is 13.3. The van der Waals surface area contributed by atoms with E-state index in [2.05, 4.69) is 0 Å². The van der Waals surface area contributed by atoms with E-state index in [-0.39, 0.29) is 13.2 Å². The molecule has 0 aliphatic heterocycles. The fourth-order valence-electron chi connectivity index (χ4n) is 0.891. The van der Waals surface area contributed by atoms with E-state index in [1.54, 1.807) is 12.5 Å². The topological polar surface area (TPSA) is 49.7 Å². The Labute approximate surface area is 106 Å². The molecule has 0 unspecified atom stereocenters. The molecule has 0 fully saturated rings. The first-order chi connectivity index (χ1) is 7.93. The molecule has 0 atom stereocenters. The number of hydrogen-bond donors (Lipinski definition) is 2. The van der Waals surface area contributed by atoms with Gasteiger partial charge in [-0.1, -0.05) is 6.92 Å². The van der Waals surface area contributed by atoms with Crippen molar-refractivity contribution in [1.29, 1.82) is 0 Å². The SMILES string of the molecule is CC(C)=COC=C(C)C.CC(CCO)CCO. The third-order valence-electron chi connectivity index (χ3n) is 1.85. The molecule has 102 valence electrons. The molecule has 3 heteroatoms. The Morgan fingerprint density at radius 2 is 1.29 bits per heavy atom. The minimum absolute atomic E-state index is 0.237. The van der Waals surface area contributed by atoms with Gasteiger partial charge in [-0.3, -0.25) is 0 Å². The molecule has 0 spiro atoms. The number of allylic oxidation sites excluding steroid dienone is 2. The van der Waals surface area contributed by atoms with E-state index in [0.717, 1.165) is 12.8 Å². The maximum absolute atomic E-state index is 8.38. The lowest BCUT2D eigenvalue weighted by Crippen LogP contribution is -1.99. The zero-order valence-electron chi connectivity index (χ0n) is 11.9. The first-order valence-corrected chi connectivity index (χ1v) is 6.08. The van der Waals surface area contributed by atoms with Crippen LogP contribution in [0.15, 0.2) is 23.7 Å². The molecule has 0 aliphatic carbocycles. The summed E-state index contributed by atoms with van der Waals surface area (Å²) in [7, 11) is 0. The number of aliphatic hydroxyl groups is 2. The normalized spacial score (nSPS) is 9.18. The highest BCUT2D eigenvalue weighted by atomic mass is 16.5. The Kier molecular flexibility index (Phi) is 14.5. The maximum atomic E-state index is 8.38. The zero-order chi connectivity index (χ0) is 13.7. The van der Waals surface area contributed by atoms with E-state index in [1.165, 1.54) is 11.1 Å². The molecule has 0 heterocycles. The van der Waals surface area contributed by atoms with Crippen LogP contribution in [0.2, 0.25) is 0 Å². The van der Waals surface area contributed by atoms with Gasteiger partial charge in [0.2, 0.25) is 0 Å². The minimum atomic E-state index is 0.237. The van der Waals surface area contributed by atoms with E-state index in [9.17, 15) is 0 Å². The second-order valence-electron chi connectivity index (χ2n) is 4.66. The number of aliphatic hydroxyl groups excluding tert-OH is 2. The predicted molar refractivity (Wildman–Crippen MR) is 72.5 cm³/mol. The van der Waals surface area contributed by atoms with Crippen molar-refractivity contribution in [3.63, 3.8) is 0 Å². The number of ether oxygens (including phenoxy) is 1. The van der Waals surface area contributed by atoms with Gasteiger partial charge in [0.1, 0.15) is 0 Å². The molecule has 2 N–H and O–H groups in total. The van der Waals surface area contributed by atoms with Crippen LogP contribution in [0, 0.1) is 5.92 Å². The van der Waals surface area contributed by atoms with Crippen LogP contribution in [-0.2, 0) is 4.74 Å². The van der Waals surface area contributed by atoms with Crippen molar-refractivity contribution in [3.8, 4) is 0 Å². The molecule has 0 saturated heterocycles. The van der Waals surface area contributed by atoms with E-state index < -0.39 is 0 Å². The molecule has 0 aliphatic rings. The zero-order valence-corrected chi connectivity index (χ0v) is 11.9. The van der Waals surface area contributed by atoms with Crippen LogP contribution in [0.4, 0.5) is 0 Å². The standard InChI is InChI=1S/C8H14O.C6H14O2/c1-7(2)5-9-6-8(3)4;1-6(2-4-7)3-5-8/h5-6H,1-4H3;6-8H,2-5H2,1H3. The quantitative estimate of drug-likeness (QED) is 0.705. The van der Waals surface area contributed by atoms with Gasteiger partial charge in [0.05, 0.1) is 12.5 Å². The molecule has 0 saturated carbocycles. The summed E-state index contributed by atoms with van der Waals surface area (Å²) in [5.41, 5.74) is 2.35. The van der Waals surface area contributed by atoms with Crippen molar-refractivity contribution < 1.29 is 14.9 Å². The molecular formula is C14H28O3. The van der Waals surface area contributed by atoms with Gasteiger partial charge in [-0.2, -0.15) is 0 Å². The lowest BCUT2D eigenvalue weighted by Gasteiger charge is -2.04. The van der Waals surface area contributed by atoms with Gasteiger partial charge in [0, 0.05) is 13.2 Å². The molecule has 0 amide bonds. The fraction of sp³-hybridized carbons (Fsp3) is 0.714. The maximum Gasteiger partial charge on any atom is 0.0887 e. The lowest BCUT2D eigenvalue weighted by atomic mass is 10.1. The Bertz CT molecular complexity index is 190. The van der Waals surface area contributed by atoms with Crippen molar-refractivity contribution in [3.05, 3.63) is 23.7 Å². The van der Waals surface area contributed by atoms with Crippen LogP contribution in [0.1, 0.15) is 47.5 Å². The fourth-order valence-corrected chi connectivity index (χ4v) is 0.891. The third-order valence-corrected chi connectivity index (χ3v) is 1.85. The van der Waals surface area contributed by atoms with Crippen molar-refractivity contribution in [1.82, 2.24) is 0 Å². The van der Waals surface area contributed by atoms with Crippen LogP contribution in [0.25, 0.3) is 0 Å².